The molecule has 2 aromatic carbocycles. The van der Waals surface area contributed by atoms with Crippen molar-refractivity contribution < 1.29 is 9.90 Å². The van der Waals surface area contributed by atoms with Crippen LogP contribution in [0.5, 0.6) is 0 Å². The van der Waals surface area contributed by atoms with Crippen LogP contribution in [0.25, 0.3) is 16.5 Å². The molecule has 0 fully saturated rings. The number of benzene rings is 2. The number of rotatable bonds is 2. The summed E-state index contributed by atoms with van der Waals surface area (Å²) >= 11 is 5.88. The molecule has 2 rings (SSSR count). The predicted octanol–water partition coefficient (Wildman–Crippen LogP) is 3.98. The van der Waals surface area contributed by atoms with Gasteiger partial charge >= 0.3 is 0 Å². The number of aliphatic hydroxyl groups is 1. The van der Waals surface area contributed by atoms with Crippen molar-refractivity contribution >= 4 is 33.9 Å². The molecule has 0 saturated carbocycles. The molecule has 0 atom stereocenters. The fourth-order valence-corrected chi connectivity index (χ4v) is 1.83. The second-order valence-corrected chi connectivity index (χ2v) is 4.28. The number of ketones is 1. The Bertz CT molecular complexity index is 615. The molecule has 0 aromatic heterocycles. The lowest BCUT2D eigenvalue weighted by molar-refractivity contribution is -0.112. The molecular weight excluding hydrogens is 236 g/mol. The standard InChI is InChI=1S/C14H11ClO2/c1-9(16)6-14(17)12-3-2-11-8-13(15)5-4-10(11)7-12/h2-8,17H,1H3/b14-6-. The highest BCUT2D eigenvalue weighted by atomic mass is 35.5. The number of fused-ring (bicyclic) bond motifs is 1. The Labute approximate surface area is 104 Å². The average molecular weight is 247 g/mol. The van der Waals surface area contributed by atoms with Crippen LogP contribution in [-0.4, -0.2) is 10.9 Å². The van der Waals surface area contributed by atoms with Crippen LogP contribution in [0.3, 0.4) is 0 Å². The summed E-state index contributed by atoms with van der Waals surface area (Å²) in [5, 5.41) is 12.4. The summed E-state index contributed by atoms with van der Waals surface area (Å²) in [6.07, 6.45) is 1.21. The Morgan fingerprint density at radius 1 is 1.18 bits per heavy atom. The molecule has 0 radical (unpaired) electrons. The summed E-state index contributed by atoms with van der Waals surface area (Å²) < 4.78 is 0. The van der Waals surface area contributed by atoms with Crippen molar-refractivity contribution in [1.82, 2.24) is 0 Å². The topological polar surface area (TPSA) is 37.3 Å². The van der Waals surface area contributed by atoms with Gasteiger partial charge in [-0.05, 0) is 35.9 Å². The van der Waals surface area contributed by atoms with Crippen molar-refractivity contribution in [1.29, 1.82) is 0 Å². The van der Waals surface area contributed by atoms with Crippen LogP contribution in [0.2, 0.25) is 5.02 Å². The van der Waals surface area contributed by atoms with Gasteiger partial charge in [0.2, 0.25) is 0 Å². The maximum Gasteiger partial charge on any atom is 0.156 e. The molecule has 0 heterocycles. The lowest BCUT2D eigenvalue weighted by Crippen LogP contribution is -1.88. The van der Waals surface area contributed by atoms with Crippen molar-refractivity contribution in [2.24, 2.45) is 0 Å². The van der Waals surface area contributed by atoms with Crippen molar-refractivity contribution in [2.45, 2.75) is 6.92 Å². The van der Waals surface area contributed by atoms with Crippen molar-refractivity contribution in [3.05, 3.63) is 53.1 Å². The third-order valence-corrected chi connectivity index (χ3v) is 2.67. The third kappa shape index (κ3) is 2.66. The molecule has 86 valence electrons. The van der Waals surface area contributed by atoms with Crippen LogP contribution < -0.4 is 0 Å². The van der Waals surface area contributed by atoms with E-state index in [0.717, 1.165) is 10.8 Å². The van der Waals surface area contributed by atoms with Gasteiger partial charge in [0.05, 0.1) is 0 Å². The number of aliphatic hydroxyl groups excluding tert-OH is 1. The molecule has 17 heavy (non-hydrogen) atoms. The molecule has 2 nitrogen and oxygen atoms in total. The number of hydrogen-bond acceptors (Lipinski definition) is 2. The van der Waals surface area contributed by atoms with E-state index in [1.165, 1.54) is 13.0 Å². The number of hydrogen-bond donors (Lipinski definition) is 1. The highest BCUT2D eigenvalue weighted by Crippen LogP contribution is 2.23. The summed E-state index contributed by atoms with van der Waals surface area (Å²) in [6.45, 7) is 1.40. The Hall–Kier alpha value is -1.80. The van der Waals surface area contributed by atoms with Crippen LogP contribution in [0, 0.1) is 0 Å². The van der Waals surface area contributed by atoms with Crippen molar-refractivity contribution in [3.8, 4) is 0 Å². The first kappa shape index (κ1) is 11.7. The Morgan fingerprint density at radius 3 is 2.53 bits per heavy atom. The molecule has 0 saturated heterocycles. The average Bonchev–Trinajstić information content (AvgIpc) is 2.27. The van der Waals surface area contributed by atoms with Gasteiger partial charge in [0.1, 0.15) is 5.76 Å². The largest absolute Gasteiger partial charge is 0.507 e. The summed E-state index contributed by atoms with van der Waals surface area (Å²) in [5.41, 5.74) is 0.620. The Balaban J connectivity index is 2.52. The van der Waals surface area contributed by atoms with E-state index in [9.17, 15) is 9.90 Å². The quantitative estimate of drug-likeness (QED) is 0.643. The van der Waals surface area contributed by atoms with Gasteiger partial charge in [-0.25, -0.2) is 0 Å². The molecule has 1 N–H and O–H groups in total. The van der Waals surface area contributed by atoms with Crippen LogP contribution in [-0.2, 0) is 4.79 Å². The van der Waals surface area contributed by atoms with Crippen LogP contribution in [0.15, 0.2) is 42.5 Å². The maximum atomic E-state index is 10.9. The number of allylic oxidation sites excluding steroid dienone is 1. The molecule has 0 aliphatic heterocycles. The van der Waals surface area contributed by atoms with Crippen LogP contribution >= 0.6 is 11.6 Å². The van der Waals surface area contributed by atoms with Gasteiger partial charge in [-0.1, -0.05) is 29.8 Å². The molecule has 3 heteroatoms. The van der Waals surface area contributed by atoms with E-state index < -0.39 is 0 Å². The normalized spacial score (nSPS) is 11.8. The first-order chi connectivity index (χ1) is 8.06. The van der Waals surface area contributed by atoms with Gasteiger partial charge in [0, 0.05) is 16.7 Å². The zero-order valence-corrected chi connectivity index (χ0v) is 10.0. The predicted molar refractivity (Wildman–Crippen MR) is 70.2 cm³/mol. The highest BCUT2D eigenvalue weighted by Gasteiger charge is 2.02. The molecule has 0 spiro atoms. The maximum absolute atomic E-state index is 10.9. The minimum absolute atomic E-state index is 0.0191. The zero-order valence-electron chi connectivity index (χ0n) is 9.27. The van der Waals surface area contributed by atoms with Gasteiger partial charge in [-0.3, -0.25) is 4.79 Å². The van der Waals surface area contributed by atoms with Gasteiger partial charge in [0.15, 0.2) is 5.78 Å². The van der Waals surface area contributed by atoms with E-state index in [0.29, 0.717) is 10.6 Å². The minimum Gasteiger partial charge on any atom is -0.507 e. The first-order valence-corrected chi connectivity index (χ1v) is 5.55. The highest BCUT2D eigenvalue weighted by molar-refractivity contribution is 6.31. The van der Waals surface area contributed by atoms with E-state index in [1.54, 1.807) is 12.1 Å². The van der Waals surface area contributed by atoms with Gasteiger partial charge in [-0.15, -0.1) is 0 Å². The van der Waals surface area contributed by atoms with E-state index in [4.69, 9.17) is 11.6 Å². The van der Waals surface area contributed by atoms with Gasteiger partial charge in [0.25, 0.3) is 0 Å². The number of carbonyl (C=O) groups is 1. The molecule has 2 aromatic rings. The summed E-state index contributed by atoms with van der Waals surface area (Å²) in [6, 6.07) is 11.0. The molecule has 0 aliphatic carbocycles. The zero-order chi connectivity index (χ0) is 12.4. The van der Waals surface area contributed by atoms with E-state index in [1.807, 2.05) is 24.3 Å². The SMILES string of the molecule is CC(=O)/C=C(\O)c1ccc2cc(Cl)ccc2c1. The van der Waals surface area contributed by atoms with Gasteiger partial charge in [-0.2, -0.15) is 0 Å². The number of carbonyl (C=O) groups excluding carboxylic acids is 1. The van der Waals surface area contributed by atoms with Crippen molar-refractivity contribution in [3.63, 3.8) is 0 Å². The second-order valence-electron chi connectivity index (χ2n) is 3.85. The fourth-order valence-electron chi connectivity index (χ4n) is 1.65. The Kier molecular flexibility index (Phi) is 3.16. The molecular formula is C14H11ClO2. The molecule has 0 aliphatic rings. The third-order valence-electron chi connectivity index (χ3n) is 2.44. The molecule has 0 unspecified atom stereocenters. The second kappa shape index (κ2) is 4.60. The fraction of sp³-hybridized carbons (Fsp3) is 0.0714. The smallest absolute Gasteiger partial charge is 0.156 e. The molecule has 0 bridgehead atoms. The summed E-state index contributed by atoms with van der Waals surface area (Å²) in [4.78, 5) is 10.9. The van der Waals surface area contributed by atoms with Crippen LogP contribution in [0.1, 0.15) is 12.5 Å². The molecule has 0 amide bonds. The van der Waals surface area contributed by atoms with E-state index in [-0.39, 0.29) is 11.5 Å². The summed E-state index contributed by atoms with van der Waals surface area (Å²) in [5.74, 6) is -0.201. The lowest BCUT2D eigenvalue weighted by atomic mass is 10.1. The van der Waals surface area contributed by atoms with E-state index in [2.05, 4.69) is 0 Å². The van der Waals surface area contributed by atoms with Gasteiger partial charge < -0.3 is 5.11 Å². The number of halogens is 1. The monoisotopic (exact) mass is 246 g/mol. The summed E-state index contributed by atoms with van der Waals surface area (Å²) in [7, 11) is 0. The van der Waals surface area contributed by atoms with E-state index >= 15 is 0 Å². The van der Waals surface area contributed by atoms with Crippen LogP contribution in [0.4, 0.5) is 0 Å². The van der Waals surface area contributed by atoms with Crippen molar-refractivity contribution in [2.75, 3.05) is 0 Å². The lowest BCUT2D eigenvalue weighted by Gasteiger charge is -2.03. The Morgan fingerprint density at radius 2 is 1.82 bits per heavy atom. The minimum atomic E-state index is -0.182. The first-order valence-electron chi connectivity index (χ1n) is 5.17.